The summed E-state index contributed by atoms with van der Waals surface area (Å²) in [5.74, 6) is 0.138. The Bertz CT molecular complexity index is 892. The van der Waals surface area contributed by atoms with E-state index in [0.29, 0.717) is 12.5 Å². The Morgan fingerprint density at radius 3 is 2.59 bits per heavy atom. The summed E-state index contributed by atoms with van der Waals surface area (Å²) in [5.41, 5.74) is 5.29. The summed E-state index contributed by atoms with van der Waals surface area (Å²) in [6, 6.07) is 17.0. The topological polar surface area (TPSA) is 41.5 Å². The molecular weight excluding hydrogens is 356 g/mol. The quantitative estimate of drug-likeness (QED) is 0.663. The second-order valence-electron chi connectivity index (χ2n) is 9.22. The minimum Gasteiger partial charge on any atom is -0.310 e. The molecule has 0 aromatic heterocycles. The number of hydrogen-bond acceptors (Lipinski definition) is 3. The molecule has 1 aliphatic carbocycles. The fraction of sp³-hybridized carbons (Fsp3) is 0.462. The second kappa shape index (κ2) is 8.62. The van der Waals surface area contributed by atoms with E-state index in [1.54, 1.807) is 0 Å². The van der Waals surface area contributed by atoms with Crippen LogP contribution in [0.3, 0.4) is 0 Å². The van der Waals surface area contributed by atoms with Gasteiger partial charge in [0.05, 0.1) is 17.7 Å². The molecule has 0 amide bonds. The Kier molecular flexibility index (Phi) is 5.96. The highest BCUT2D eigenvalue weighted by molar-refractivity contribution is 6.16. The molecule has 4 rings (SSSR count). The SMILES string of the molecule is CC1(C)Cc2ccc(CNC3CCCCC3)cc2C(CC(=O)c2ccccc2)=N1. The number of nitrogens with zero attached hydrogens (tertiary/aromatic N) is 1. The molecule has 3 nitrogen and oxygen atoms in total. The highest BCUT2D eigenvalue weighted by Gasteiger charge is 2.28. The lowest BCUT2D eigenvalue weighted by Gasteiger charge is -2.29. The first kappa shape index (κ1) is 20.0. The molecule has 2 aromatic carbocycles. The maximum absolute atomic E-state index is 12.9. The number of hydrogen-bond donors (Lipinski definition) is 1. The van der Waals surface area contributed by atoms with Gasteiger partial charge < -0.3 is 5.32 Å². The number of aliphatic imine (C=N–C) groups is 1. The highest BCUT2D eigenvalue weighted by atomic mass is 16.1. The maximum Gasteiger partial charge on any atom is 0.168 e. The van der Waals surface area contributed by atoms with Gasteiger partial charge in [-0.15, -0.1) is 0 Å². The van der Waals surface area contributed by atoms with Gasteiger partial charge in [-0.2, -0.15) is 0 Å². The average Bonchev–Trinajstić information content (AvgIpc) is 2.73. The third-order valence-corrected chi connectivity index (χ3v) is 6.17. The lowest BCUT2D eigenvalue weighted by atomic mass is 9.84. The minimum absolute atomic E-state index is 0.138. The Morgan fingerprint density at radius 2 is 1.83 bits per heavy atom. The van der Waals surface area contributed by atoms with Crippen molar-refractivity contribution in [1.29, 1.82) is 0 Å². The van der Waals surface area contributed by atoms with Gasteiger partial charge in [0.25, 0.3) is 0 Å². The van der Waals surface area contributed by atoms with Crippen molar-refractivity contribution >= 4 is 11.5 Å². The van der Waals surface area contributed by atoms with Gasteiger partial charge in [-0.1, -0.05) is 61.7 Å². The van der Waals surface area contributed by atoms with E-state index in [-0.39, 0.29) is 11.3 Å². The fourth-order valence-corrected chi connectivity index (χ4v) is 4.67. The van der Waals surface area contributed by atoms with Crippen LogP contribution in [-0.2, 0) is 13.0 Å². The van der Waals surface area contributed by atoms with Gasteiger partial charge in [-0.3, -0.25) is 9.79 Å². The van der Waals surface area contributed by atoms with Crippen LogP contribution in [0.4, 0.5) is 0 Å². The van der Waals surface area contributed by atoms with Crippen LogP contribution in [-0.4, -0.2) is 23.1 Å². The third kappa shape index (κ3) is 5.02. The van der Waals surface area contributed by atoms with E-state index in [2.05, 4.69) is 37.4 Å². The van der Waals surface area contributed by atoms with Gasteiger partial charge in [0.2, 0.25) is 0 Å². The van der Waals surface area contributed by atoms with Crippen LogP contribution >= 0.6 is 0 Å². The molecule has 0 unspecified atom stereocenters. The summed E-state index contributed by atoms with van der Waals surface area (Å²) in [6.07, 6.45) is 7.92. The monoisotopic (exact) mass is 388 g/mol. The molecule has 0 spiro atoms. The van der Waals surface area contributed by atoms with Crippen LogP contribution < -0.4 is 5.32 Å². The van der Waals surface area contributed by atoms with E-state index in [1.807, 2.05) is 30.3 Å². The molecule has 0 bridgehead atoms. The van der Waals surface area contributed by atoms with Crippen molar-refractivity contribution in [2.45, 2.75) is 76.9 Å². The van der Waals surface area contributed by atoms with Crippen LogP contribution in [0.5, 0.6) is 0 Å². The number of benzene rings is 2. The van der Waals surface area contributed by atoms with E-state index < -0.39 is 0 Å². The first-order chi connectivity index (χ1) is 14.0. The van der Waals surface area contributed by atoms with Gasteiger partial charge in [0.15, 0.2) is 5.78 Å². The van der Waals surface area contributed by atoms with E-state index in [1.165, 1.54) is 43.2 Å². The number of fused-ring (bicyclic) bond motifs is 1. The Labute approximate surface area is 174 Å². The molecule has 152 valence electrons. The molecule has 2 aliphatic rings. The van der Waals surface area contributed by atoms with Gasteiger partial charge in [-0.25, -0.2) is 0 Å². The van der Waals surface area contributed by atoms with Crippen molar-refractivity contribution in [3.05, 3.63) is 70.8 Å². The summed E-state index contributed by atoms with van der Waals surface area (Å²) in [5, 5.41) is 3.74. The zero-order valence-corrected chi connectivity index (χ0v) is 17.7. The Morgan fingerprint density at radius 1 is 1.07 bits per heavy atom. The first-order valence-corrected chi connectivity index (χ1v) is 11.0. The zero-order chi connectivity index (χ0) is 20.3. The molecule has 1 aliphatic heterocycles. The molecule has 3 heteroatoms. The molecule has 1 N–H and O–H groups in total. The van der Waals surface area contributed by atoms with E-state index in [4.69, 9.17) is 4.99 Å². The molecule has 0 atom stereocenters. The van der Waals surface area contributed by atoms with Crippen LogP contribution in [0, 0.1) is 0 Å². The molecule has 2 aromatic rings. The summed E-state index contributed by atoms with van der Waals surface area (Å²) in [7, 11) is 0. The number of nitrogens with one attached hydrogen (secondary N) is 1. The smallest absolute Gasteiger partial charge is 0.168 e. The maximum atomic E-state index is 12.9. The van der Waals surface area contributed by atoms with Crippen molar-refractivity contribution in [1.82, 2.24) is 5.32 Å². The molecular formula is C26H32N2O. The molecule has 1 saturated carbocycles. The minimum atomic E-state index is -0.166. The molecule has 29 heavy (non-hydrogen) atoms. The van der Waals surface area contributed by atoms with E-state index in [0.717, 1.165) is 29.8 Å². The number of carbonyl (C=O) groups is 1. The van der Waals surface area contributed by atoms with Crippen LogP contribution in [0.2, 0.25) is 0 Å². The highest BCUT2D eigenvalue weighted by Crippen LogP contribution is 2.29. The number of rotatable bonds is 6. The molecule has 1 fully saturated rings. The number of ketones is 1. The third-order valence-electron chi connectivity index (χ3n) is 6.17. The molecule has 0 saturated heterocycles. The van der Waals surface area contributed by atoms with Crippen LogP contribution in [0.1, 0.15) is 79.4 Å². The largest absolute Gasteiger partial charge is 0.310 e. The summed E-state index contributed by atoms with van der Waals surface area (Å²) >= 11 is 0. The average molecular weight is 389 g/mol. The van der Waals surface area contributed by atoms with Crippen molar-refractivity contribution in [3.8, 4) is 0 Å². The molecule has 0 radical (unpaired) electrons. The van der Waals surface area contributed by atoms with Gasteiger partial charge in [0, 0.05) is 18.2 Å². The number of Topliss-reactive ketones (excluding diaryl/α,β-unsaturated/α-hetero) is 1. The van der Waals surface area contributed by atoms with Gasteiger partial charge >= 0.3 is 0 Å². The summed E-state index contributed by atoms with van der Waals surface area (Å²) < 4.78 is 0. The van der Waals surface area contributed by atoms with Gasteiger partial charge in [0.1, 0.15) is 0 Å². The van der Waals surface area contributed by atoms with Crippen LogP contribution in [0.15, 0.2) is 53.5 Å². The van der Waals surface area contributed by atoms with E-state index >= 15 is 0 Å². The predicted molar refractivity (Wildman–Crippen MR) is 120 cm³/mol. The van der Waals surface area contributed by atoms with Crippen molar-refractivity contribution in [3.63, 3.8) is 0 Å². The van der Waals surface area contributed by atoms with E-state index in [9.17, 15) is 4.79 Å². The Balaban J connectivity index is 1.54. The zero-order valence-electron chi connectivity index (χ0n) is 17.7. The second-order valence-corrected chi connectivity index (χ2v) is 9.22. The van der Waals surface area contributed by atoms with Crippen molar-refractivity contribution in [2.75, 3.05) is 0 Å². The predicted octanol–water partition coefficient (Wildman–Crippen LogP) is 5.51. The Hall–Kier alpha value is -2.26. The standard InChI is InChI=1S/C26H32N2O/c1-26(2)17-21-14-13-19(18-27-22-11-7-4-8-12-22)15-23(21)24(28-26)16-25(29)20-9-5-3-6-10-20/h3,5-6,9-10,13-15,22,27H,4,7-8,11-12,16-18H2,1-2H3. The normalized spacial score (nSPS) is 18.8. The van der Waals surface area contributed by atoms with Crippen LogP contribution in [0.25, 0.3) is 0 Å². The lowest BCUT2D eigenvalue weighted by molar-refractivity contribution is 0.100. The fourth-order valence-electron chi connectivity index (χ4n) is 4.67. The molecule has 1 heterocycles. The summed E-state index contributed by atoms with van der Waals surface area (Å²) in [6.45, 7) is 5.20. The van der Waals surface area contributed by atoms with Gasteiger partial charge in [-0.05, 0) is 55.9 Å². The lowest BCUT2D eigenvalue weighted by Crippen LogP contribution is -2.31. The number of carbonyl (C=O) groups excluding carboxylic acids is 1. The summed E-state index contributed by atoms with van der Waals surface area (Å²) in [4.78, 5) is 17.8. The first-order valence-electron chi connectivity index (χ1n) is 11.0. The van der Waals surface area contributed by atoms with Crippen molar-refractivity contribution in [2.24, 2.45) is 4.99 Å². The van der Waals surface area contributed by atoms with Crippen molar-refractivity contribution < 1.29 is 4.79 Å².